The molecular formula is C13H16ClN5. The third kappa shape index (κ3) is 2.71. The number of aryl methyl sites for hydroxylation is 1. The van der Waals surface area contributed by atoms with Gasteiger partial charge in [-0.15, -0.1) is 5.10 Å². The molecule has 0 aliphatic heterocycles. The number of benzene rings is 1. The molecule has 0 bridgehead atoms. The van der Waals surface area contributed by atoms with Crippen molar-refractivity contribution in [3.63, 3.8) is 0 Å². The molecule has 1 saturated carbocycles. The van der Waals surface area contributed by atoms with Crippen molar-refractivity contribution in [3.8, 4) is 11.4 Å². The van der Waals surface area contributed by atoms with Crippen LogP contribution in [0.4, 0.5) is 5.69 Å². The van der Waals surface area contributed by atoms with Crippen molar-refractivity contribution >= 4 is 17.3 Å². The Balaban J connectivity index is 1.81. The fraction of sp³-hybridized carbons (Fsp3) is 0.462. The van der Waals surface area contributed by atoms with Crippen LogP contribution in [0, 0.1) is 5.92 Å². The van der Waals surface area contributed by atoms with Crippen LogP contribution in [0.25, 0.3) is 11.4 Å². The van der Waals surface area contributed by atoms with Gasteiger partial charge in [-0.1, -0.05) is 30.9 Å². The first-order valence-electron chi connectivity index (χ1n) is 6.55. The van der Waals surface area contributed by atoms with Crippen molar-refractivity contribution in [1.82, 2.24) is 20.2 Å². The zero-order valence-electron chi connectivity index (χ0n) is 10.6. The second kappa shape index (κ2) is 5.17. The average Bonchev–Trinajstić information content (AvgIpc) is 2.74. The van der Waals surface area contributed by atoms with Gasteiger partial charge in [0.2, 0.25) is 0 Å². The summed E-state index contributed by atoms with van der Waals surface area (Å²) < 4.78 is 1.84. The zero-order chi connectivity index (χ0) is 13.2. The molecule has 0 unspecified atom stereocenters. The molecule has 1 fully saturated rings. The highest BCUT2D eigenvalue weighted by atomic mass is 35.5. The van der Waals surface area contributed by atoms with Crippen molar-refractivity contribution < 1.29 is 0 Å². The second-order valence-corrected chi connectivity index (χ2v) is 5.52. The second-order valence-electron chi connectivity index (χ2n) is 5.08. The van der Waals surface area contributed by atoms with E-state index in [1.54, 1.807) is 6.07 Å². The predicted octanol–water partition coefficient (Wildman–Crippen LogP) is 2.77. The average molecular weight is 278 g/mol. The lowest BCUT2D eigenvalue weighted by atomic mass is 9.83. The Kier molecular flexibility index (Phi) is 3.38. The Hall–Kier alpha value is -1.62. The monoisotopic (exact) mass is 277 g/mol. The third-order valence-electron chi connectivity index (χ3n) is 3.68. The highest BCUT2D eigenvalue weighted by molar-refractivity contribution is 6.31. The molecule has 100 valence electrons. The van der Waals surface area contributed by atoms with Gasteiger partial charge < -0.3 is 5.73 Å². The highest BCUT2D eigenvalue weighted by Crippen LogP contribution is 2.30. The molecule has 0 atom stereocenters. The quantitative estimate of drug-likeness (QED) is 0.873. The van der Waals surface area contributed by atoms with E-state index in [4.69, 9.17) is 17.3 Å². The fourth-order valence-electron chi connectivity index (χ4n) is 2.39. The number of anilines is 1. The molecule has 1 aliphatic rings. The first-order valence-corrected chi connectivity index (χ1v) is 6.93. The molecular weight excluding hydrogens is 262 g/mol. The number of aromatic nitrogens is 4. The standard InChI is InChI=1S/C13H16ClN5/c14-11-6-10(7-12(15)8-11)13-16-17-18-19(13)5-4-9-2-1-3-9/h6-9H,1-5,15H2. The molecule has 6 heteroatoms. The minimum atomic E-state index is 0.601. The summed E-state index contributed by atoms with van der Waals surface area (Å²) >= 11 is 6.02. The largest absolute Gasteiger partial charge is 0.399 e. The van der Waals surface area contributed by atoms with Crippen molar-refractivity contribution in [2.45, 2.75) is 32.2 Å². The van der Waals surface area contributed by atoms with Crippen LogP contribution in [0.2, 0.25) is 5.02 Å². The van der Waals surface area contributed by atoms with E-state index >= 15 is 0 Å². The van der Waals surface area contributed by atoms with Gasteiger partial charge in [0, 0.05) is 22.8 Å². The summed E-state index contributed by atoms with van der Waals surface area (Å²) in [5.41, 5.74) is 7.29. The van der Waals surface area contributed by atoms with E-state index in [9.17, 15) is 0 Å². The first kappa shape index (κ1) is 12.4. The molecule has 19 heavy (non-hydrogen) atoms. The molecule has 0 saturated heterocycles. The van der Waals surface area contributed by atoms with Crippen LogP contribution < -0.4 is 5.73 Å². The minimum absolute atomic E-state index is 0.601. The van der Waals surface area contributed by atoms with Crippen LogP contribution in [-0.2, 0) is 6.54 Å². The number of hydrogen-bond acceptors (Lipinski definition) is 4. The van der Waals surface area contributed by atoms with Crippen LogP contribution in [0.3, 0.4) is 0 Å². The number of nitrogens with two attached hydrogens (primary N) is 1. The van der Waals surface area contributed by atoms with Crippen molar-refractivity contribution in [1.29, 1.82) is 0 Å². The van der Waals surface area contributed by atoms with Crippen LogP contribution in [0.1, 0.15) is 25.7 Å². The number of nitrogen functional groups attached to an aromatic ring is 1. The highest BCUT2D eigenvalue weighted by Gasteiger charge is 2.18. The number of rotatable bonds is 4. The molecule has 0 spiro atoms. The SMILES string of the molecule is Nc1cc(Cl)cc(-c2nnnn2CCC2CCC2)c1. The van der Waals surface area contributed by atoms with Gasteiger partial charge in [0.25, 0.3) is 0 Å². The maximum atomic E-state index is 6.02. The molecule has 1 aromatic heterocycles. The smallest absolute Gasteiger partial charge is 0.182 e. The lowest BCUT2D eigenvalue weighted by Gasteiger charge is -2.24. The van der Waals surface area contributed by atoms with Crippen molar-refractivity contribution in [3.05, 3.63) is 23.2 Å². The van der Waals surface area contributed by atoms with Gasteiger partial charge in [-0.2, -0.15) is 0 Å². The number of hydrogen-bond donors (Lipinski definition) is 1. The molecule has 3 rings (SSSR count). The Morgan fingerprint density at radius 3 is 2.84 bits per heavy atom. The normalized spacial score (nSPS) is 15.4. The number of nitrogens with zero attached hydrogens (tertiary/aromatic N) is 4. The van der Waals surface area contributed by atoms with E-state index in [-0.39, 0.29) is 0 Å². The lowest BCUT2D eigenvalue weighted by Crippen LogP contribution is -2.15. The maximum absolute atomic E-state index is 6.02. The number of halogens is 1. The van der Waals surface area contributed by atoms with Gasteiger partial charge >= 0.3 is 0 Å². The van der Waals surface area contributed by atoms with Crippen molar-refractivity contribution in [2.24, 2.45) is 5.92 Å². The molecule has 2 N–H and O–H groups in total. The van der Waals surface area contributed by atoms with Gasteiger partial charge in [-0.3, -0.25) is 0 Å². The predicted molar refractivity (Wildman–Crippen MR) is 74.6 cm³/mol. The van der Waals surface area contributed by atoms with Gasteiger partial charge in [0.05, 0.1) is 0 Å². The lowest BCUT2D eigenvalue weighted by molar-refractivity contribution is 0.277. The van der Waals surface area contributed by atoms with Crippen LogP contribution in [0.5, 0.6) is 0 Å². The van der Waals surface area contributed by atoms with Gasteiger partial charge in [-0.05, 0) is 41.0 Å². The first-order chi connectivity index (χ1) is 9.22. The van der Waals surface area contributed by atoms with Crippen LogP contribution in [0.15, 0.2) is 18.2 Å². The van der Waals surface area contributed by atoms with E-state index in [1.165, 1.54) is 19.3 Å². The molecule has 1 aromatic carbocycles. The maximum Gasteiger partial charge on any atom is 0.182 e. The summed E-state index contributed by atoms with van der Waals surface area (Å²) in [5, 5.41) is 12.5. The van der Waals surface area contributed by atoms with E-state index in [0.29, 0.717) is 10.7 Å². The van der Waals surface area contributed by atoms with E-state index in [2.05, 4.69) is 15.5 Å². The molecule has 2 aromatic rings. The topological polar surface area (TPSA) is 69.6 Å². The molecule has 0 radical (unpaired) electrons. The summed E-state index contributed by atoms with van der Waals surface area (Å²) in [6.45, 7) is 0.847. The van der Waals surface area contributed by atoms with Crippen molar-refractivity contribution in [2.75, 3.05) is 5.73 Å². The van der Waals surface area contributed by atoms with E-state index in [1.807, 2.05) is 16.8 Å². The Bertz CT molecular complexity index is 556. The van der Waals surface area contributed by atoms with Gasteiger partial charge in [0.15, 0.2) is 5.82 Å². The summed E-state index contributed by atoms with van der Waals surface area (Å²) in [7, 11) is 0. The zero-order valence-corrected chi connectivity index (χ0v) is 11.3. The summed E-state index contributed by atoms with van der Waals surface area (Å²) in [4.78, 5) is 0. The minimum Gasteiger partial charge on any atom is -0.399 e. The summed E-state index contributed by atoms with van der Waals surface area (Å²) in [6.07, 6.45) is 5.16. The van der Waals surface area contributed by atoms with Crippen LogP contribution in [-0.4, -0.2) is 20.2 Å². The molecule has 1 aliphatic carbocycles. The fourth-order valence-corrected chi connectivity index (χ4v) is 2.63. The Morgan fingerprint density at radius 2 is 2.16 bits per heavy atom. The van der Waals surface area contributed by atoms with Gasteiger partial charge in [0.1, 0.15) is 0 Å². The Morgan fingerprint density at radius 1 is 1.32 bits per heavy atom. The summed E-state index contributed by atoms with van der Waals surface area (Å²) in [5.74, 6) is 1.56. The van der Waals surface area contributed by atoms with E-state index in [0.717, 1.165) is 30.3 Å². The van der Waals surface area contributed by atoms with Gasteiger partial charge in [-0.25, -0.2) is 4.68 Å². The molecule has 0 amide bonds. The summed E-state index contributed by atoms with van der Waals surface area (Å²) in [6, 6.07) is 5.40. The third-order valence-corrected chi connectivity index (χ3v) is 3.90. The molecule has 1 heterocycles. The number of tetrazole rings is 1. The van der Waals surface area contributed by atoms with Crippen LogP contribution >= 0.6 is 11.6 Å². The Labute approximate surface area is 116 Å². The van der Waals surface area contributed by atoms with E-state index < -0.39 is 0 Å². The molecule has 5 nitrogen and oxygen atoms in total.